The zero-order chi connectivity index (χ0) is 13.1. The number of benzene rings is 2. The molecule has 0 unspecified atom stereocenters. The molecule has 0 spiro atoms. The summed E-state index contributed by atoms with van der Waals surface area (Å²) in [6.45, 7) is 4.25. The van der Waals surface area contributed by atoms with Crippen LogP contribution in [0.5, 0.6) is 0 Å². The van der Waals surface area contributed by atoms with Crippen LogP contribution >= 0.6 is 0 Å². The summed E-state index contributed by atoms with van der Waals surface area (Å²) in [5.41, 5.74) is 5.12. The van der Waals surface area contributed by atoms with Gasteiger partial charge in [-0.05, 0) is 47.7 Å². The van der Waals surface area contributed by atoms with E-state index in [-0.39, 0.29) is 0 Å². The van der Waals surface area contributed by atoms with Crippen molar-refractivity contribution in [3.63, 3.8) is 0 Å². The predicted molar refractivity (Wildman–Crippen MR) is 73.0 cm³/mol. The van der Waals surface area contributed by atoms with Gasteiger partial charge in [0, 0.05) is 0 Å². The number of carbonyl (C=O) groups is 1. The van der Waals surface area contributed by atoms with E-state index < -0.39 is 5.97 Å². The van der Waals surface area contributed by atoms with Crippen LogP contribution in [0.3, 0.4) is 0 Å². The summed E-state index contributed by atoms with van der Waals surface area (Å²) >= 11 is 0. The molecule has 0 bridgehead atoms. The van der Waals surface area contributed by atoms with Gasteiger partial charge in [0.05, 0.1) is 5.56 Å². The monoisotopic (exact) mass is 240 g/mol. The third kappa shape index (κ3) is 2.43. The number of carboxylic acids is 1. The first-order chi connectivity index (χ1) is 8.61. The maximum atomic E-state index is 10.8. The average molecular weight is 240 g/mol. The molecule has 2 rings (SSSR count). The number of hydrogen-bond acceptors (Lipinski definition) is 1. The number of aromatic carboxylic acids is 1. The van der Waals surface area contributed by atoms with E-state index in [1.807, 2.05) is 12.1 Å². The Labute approximate surface area is 107 Å². The van der Waals surface area contributed by atoms with Crippen molar-refractivity contribution in [3.05, 3.63) is 59.2 Å². The van der Waals surface area contributed by atoms with Gasteiger partial charge >= 0.3 is 5.97 Å². The molecular weight excluding hydrogens is 224 g/mol. The van der Waals surface area contributed by atoms with Gasteiger partial charge < -0.3 is 5.11 Å². The van der Waals surface area contributed by atoms with Gasteiger partial charge in [-0.15, -0.1) is 0 Å². The molecule has 0 aromatic heterocycles. The second-order valence-electron chi connectivity index (χ2n) is 4.38. The molecule has 0 aliphatic carbocycles. The minimum absolute atomic E-state index is 0.320. The average Bonchev–Trinajstić information content (AvgIpc) is 2.38. The Hall–Kier alpha value is -2.09. The van der Waals surface area contributed by atoms with Crippen LogP contribution in [-0.2, 0) is 6.42 Å². The summed E-state index contributed by atoms with van der Waals surface area (Å²) in [6.07, 6.45) is 1.03. The zero-order valence-corrected chi connectivity index (χ0v) is 10.6. The molecular formula is C16H16O2. The fourth-order valence-electron chi connectivity index (χ4n) is 2.08. The molecule has 2 aromatic rings. The summed E-state index contributed by atoms with van der Waals surface area (Å²) in [6, 6.07) is 13.3. The van der Waals surface area contributed by atoms with Gasteiger partial charge in [-0.2, -0.15) is 0 Å². The van der Waals surface area contributed by atoms with Crippen LogP contribution < -0.4 is 0 Å². The topological polar surface area (TPSA) is 37.3 Å². The highest BCUT2D eigenvalue weighted by molar-refractivity contribution is 5.88. The van der Waals surface area contributed by atoms with Crippen molar-refractivity contribution in [2.24, 2.45) is 0 Å². The maximum Gasteiger partial charge on any atom is 0.335 e. The van der Waals surface area contributed by atoms with Gasteiger partial charge in [0.1, 0.15) is 0 Å². The molecule has 0 fully saturated rings. The quantitative estimate of drug-likeness (QED) is 0.882. The molecule has 0 atom stereocenters. The smallest absolute Gasteiger partial charge is 0.335 e. The fraction of sp³-hybridized carbons (Fsp3) is 0.188. The van der Waals surface area contributed by atoms with Crippen LogP contribution in [0, 0.1) is 6.92 Å². The van der Waals surface area contributed by atoms with E-state index in [4.69, 9.17) is 5.11 Å². The highest BCUT2D eigenvalue weighted by atomic mass is 16.4. The molecule has 18 heavy (non-hydrogen) atoms. The third-order valence-corrected chi connectivity index (χ3v) is 3.19. The van der Waals surface area contributed by atoms with Crippen LogP contribution in [0.25, 0.3) is 11.1 Å². The number of rotatable bonds is 3. The van der Waals surface area contributed by atoms with E-state index >= 15 is 0 Å². The molecule has 0 aliphatic heterocycles. The normalized spacial score (nSPS) is 10.3. The first-order valence-corrected chi connectivity index (χ1v) is 6.05. The second kappa shape index (κ2) is 5.05. The van der Waals surface area contributed by atoms with Crippen molar-refractivity contribution in [2.45, 2.75) is 20.3 Å². The highest BCUT2D eigenvalue weighted by Gasteiger charge is 2.04. The van der Waals surface area contributed by atoms with Crippen molar-refractivity contribution in [2.75, 3.05) is 0 Å². The first kappa shape index (κ1) is 12.4. The van der Waals surface area contributed by atoms with Gasteiger partial charge in [-0.25, -0.2) is 4.79 Å². The van der Waals surface area contributed by atoms with Gasteiger partial charge in [0.2, 0.25) is 0 Å². The minimum Gasteiger partial charge on any atom is -0.478 e. The molecule has 2 aromatic carbocycles. The number of aryl methyl sites for hydroxylation is 2. The second-order valence-corrected chi connectivity index (χ2v) is 4.38. The Bertz CT molecular complexity index is 568. The fourth-order valence-corrected chi connectivity index (χ4v) is 2.08. The standard InChI is InChI=1S/C16H16O2/c1-3-12-4-9-15(10-11(12)2)13-5-7-14(8-6-13)16(17)18/h4-10H,3H2,1-2H3,(H,17,18). The highest BCUT2D eigenvalue weighted by Crippen LogP contribution is 2.23. The Balaban J connectivity index is 2.36. The van der Waals surface area contributed by atoms with Crippen LogP contribution in [-0.4, -0.2) is 11.1 Å². The Morgan fingerprint density at radius 1 is 1.06 bits per heavy atom. The lowest BCUT2D eigenvalue weighted by molar-refractivity contribution is 0.0697. The third-order valence-electron chi connectivity index (χ3n) is 3.19. The summed E-state index contributed by atoms with van der Waals surface area (Å²) in [7, 11) is 0. The Morgan fingerprint density at radius 3 is 2.17 bits per heavy atom. The van der Waals surface area contributed by atoms with Crippen molar-refractivity contribution in [1.29, 1.82) is 0 Å². The SMILES string of the molecule is CCc1ccc(-c2ccc(C(=O)O)cc2)cc1C. The molecule has 0 amide bonds. The maximum absolute atomic E-state index is 10.8. The van der Waals surface area contributed by atoms with E-state index in [9.17, 15) is 4.79 Å². The van der Waals surface area contributed by atoms with E-state index in [1.54, 1.807) is 12.1 Å². The van der Waals surface area contributed by atoms with Crippen LogP contribution in [0.15, 0.2) is 42.5 Å². The molecule has 2 nitrogen and oxygen atoms in total. The zero-order valence-electron chi connectivity index (χ0n) is 10.6. The molecule has 0 aliphatic rings. The molecule has 0 heterocycles. The Kier molecular flexibility index (Phi) is 3.47. The van der Waals surface area contributed by atoms with E-state index in [0.29, 0.717) is 5.56 Å². The predicted octanol–water partition coefficient (Wildman–Crippen LogP) is 3.92. The molecule has 0 radical (unpaired) electrons. The lowest BCUT2D eigenvalue weighted by Crippen LogP contribution is -1.95. The summed E-state index contributed by atoms with van der Waals surface area (Å²) in [5, 5.41) is 8.86. The lowest BCUT2D eigenvalue weighted by Gasteiger charge is -2.07. The van der Waals surface area contributed by atoms with E-state index in [0.717, 1.165) is 17.5 Å². The van der Waals surface area contributed by atoms with E-state index in [1.165, 1.54) is 11.1 Å². The van der Waals surface area contributed by atoms with E-state index in [2.05, 4.69) is 32.0 Å². The van der Waals surface area contributed by atoms with Gasteiger partial charge in [-0.1, -0.05) is 37.3 Å². The van der Waals surface area contributed by atoms with Gasteiger partial charge in [0.15, 0.2) is 0 Å². The number of carboxylic acid groups (broad SMARTS) is 1. The molecule has 0 saturated heterocycles. The molecule has 1 N–H and O–H groups in total. The molecule has 92 valence electrons. The Morgan fingerprint density at radius 2 is 1.67 bits per heavy atom. The summed E-state index contributed by atoms with van der Waals surface area (Å²) in [5.74, 6) is -0.890. The summed E-state index contributed by atoms with van der Waals surface area (Å²) in [4.78, 5) is 10.8. The number of hydrogen-bond donors (Lipinski definition) is 1. The van der Waals surface area contributed by atoms with Gasteiger partial charge in [0.25, 0.3) is 0 Å². The van der Waals surface area contributed by atoms with Gasteiger partial charge in [-0.3, -0.25) is 0 Å². The molecule has 2 heteroatoms. The lowest BCUT2D eigenvalue weighted by atomic mass is 9.98. The van der Waals surface area contributed by atoms with Crippen molar-refractivity contribution >= 4 is 5.97 Å². The van der Waals surface area contributed by atoms with Crippen molar-refractivity contribution < 1.29 is 9.90 Å². The molecule has 0 saturated carbocycles. The van der Waals surface area contributed by atoms with Crippen LogP contribution in [0.1, 0.15) is 28.4 Å². The largest absolute Gasteiger partial charge is 0.478 e. The van der Waals surface area contributed by atoms with Crippen molar-refractivity contribution in [1.82, 2.24) is 0 Å². The van der Waals surface area contributed by atoms with Crippen LogP contribution in [0.2, 0.25) is 0 Å². The van der Waals surface area contributed by atoms with Crippen LogP contribution in [0.4, 0.5) is 0 Å². The first-order valence-electron chi connectivity index (χ1n) is 6.05. The van der Waals surface area contributed by atoms with Crippen molar-refractivity contribution in [3.8, 4) is 11.1 Å². The minimum atomic E-state index is -0.890. The summed E-state index contributed by atoms with van der Waals surface area (Å²) < 4.78 is 0.